The molecule has 1 aliphatic rings. The lowest BCUT2D eigenvalue weighted by Gasteiger charge is -2.25. The second-order valence-corrected chi connectivity index (χ2v) is 3.60. The minimum absolute atomic E-state index is 0.162. The van der Waals surface area contributed by atoms with Gasteiger partial charge in [-0.1, -0.05) is 6.58 Å². The predicted octanol–water partition coefficient (Wildman–Crippen LogP) is 1.08. The van der Waals surface area contributed by atoms with Crippen molar-refractivity contribution in [1.29, 1.82) is 0 Å². The fourth-order valence-corrected chi connectivity index (χ4v) is 1.76. The van der Waals surface area contributed by atoms with Gasteiger partial charge in [-0.2, -0.15) is 0 Å². The van der Waals surface area contributed by atoms with E-state index in [1.807, 2.05) is 0 Å². The summed E-state index contributed by atoms with van der Waals surface area (Å²) < 4.78 is 15.6. The molecule has 0 heterocycles. The van der Waals surface area contributed by atoms with Gasteiger partial charge in [-0.05, 0) is 11.6 Å². The Hall–Kier alpha value is -1.91. The minimum Gasteiger partial charge on any atom is -0.493 e. The molecule has 0 aromatic carbocycles. The van der Waals surface area contributed by atoms with E-state index in [0.717, 1.165) is 0 Å². The van der Waals surface area contributed by atoms with Crippen LogP contribution in [0.3, 0.4) is 0 Å². The molecule has 1 atom stereocenters. The number of allylic oxidation sites excluding steroid dienone is 2. The molecule has 0 fully saturated rings. The Kier molecular flexibility index (Phi) is 4.20. The van der Waals surface area contributed by atoms with Crippen molar-refractivity contribution in [2.75, 3.05) is 21.3 Å². The number of hydrogen-bond acceptors (Lipinski definition) is 4. The lowest BCUT2D eigenvalue weighted by molar-refractivity contribution is -0.118. The smallest absolute Gasteiger partial charge is 0.218 e. The summed E-state index contributed by atoms with van der Waals surface area (Å²) in [5, 5.41) is 0. The quantitative estimate of drug-likeness (QED) is 0.779. The standard InChI is InChI=1S/C12H17NO4/c1-7-8(6-10(13)14)5-9(15-2)12(17-4)11(7)16-3/h5,8H,1,6H2,2-4H3,(H2,13,14). The van der Waals surface area contributed by atoms with Crippen LogP contribution < -0.4 is 5.73 Å². The Labute approximate surface area is 101 Å². The van der Waals surface area contributed by atoms with E-state index < -0.39 is 5.91 Å². The van der Waals surface area contributed by atoms with Crippen LogP contribution in [0.4, 0.5) is 0 Å². The number of ether oxygens (including phenoxy) is 3. The fourth-order valence-electron chi connectivity index (χ4n) is 1.76. The van der Waals surface area contributed by atoms with Crippen molar-refractivity contribution in [3.05, 3.63) is 35.5 Å². The number of nitrogens with two attached hydrogens (primary N) is 1. The minimum atomic E-state index is -0.404. The number of rotatable bonds is 5. The summed E-state index contributed by atoms with van der Waals surface area (Å²) in [5.41, 5.74) is 5.84. The number of carbonyl (C=O) groups is 1. The van der Waals surface area contributed by atoms with Crippen LogP contribution in [0.25, 0.3) is 0 Å². The Balaban J connectivity index is 3.13. The molecule has 0 aromatic rings. The molecule has 0 aromatic heterocycles. The van der Waals surface area contributed by atoms with Gasteiger partial charge in [0.1, 0.15) is 0 Å². The van der Waals surface area contributed by atoms with Crippen LogP contribution in [0.15, 0.2) is 35.5 Å². The highest BCUT2D eigenvalue weighted by atomic mass is 16.5. The van der Waals surface area contributed by atoms with Crippen molar-refractivity contribution in [3.8, 4) is 0 Å². The second kappa shape index (κ2) is 5.43. The molecule has 17 heavy (non-hydrogen) atoms. The number of primary amides is 1. The second-order valence-electron chi connectivity index (χ2n) is 3.60. The maximum atomic E-state index is 11.0. The first-order valence-corrected chi connectivity index (χ1v) is 5.11. The largest absolute Gasteiger partial charge is 0.493 e. The average Bonchev–Trinajstić information content (AvgIpc) is 2.30. The summed E-state index contributed by atoms with van der Waals surface area (Å²) in [6, 6.07) is 0. The molecule has 1 unspecified atom stereocenters. The van der Waals surface area contributed by atoms with Crippen molar-refractivity contribution >= 4 is 5.91 Å². The summed E-state index contributed by atoms with van der Waals surface area (Å²) in [4.78, 5) is 11.0. The first-order chi connectivity index (χ1) is 8.04. The predicted molar refractivity (Wildman–Crippen MR) is 62.6 cm³/mol. The van der Waals surface area contributed by atoms with Crippen molar-refractivity contribution in [2.45, 2.75) is 6.42 Å². The Morgan fingerprint density at radius 2 is 1.88 bits per heavy atom. The van der Waals surface area contributed by atoms with Crippen LogP contribution in [0.5, 0.6) is 0 Å². The summed E-state index contributed by atoms with van der Waals surface area (Å²) in [7, 11) is 4.55. The van der Waals surface area contributed by atoms with Crippen LogP contribution >= 0.6 is 0 Å². The molecule has 0 aliphatic heterocycles. The molecule has 0 saturated heterocycles. The fraction of sp³-hybridized carbons (Fsp3) is 0.417. The van der Waals surface area contributed by atoms with Gasteiger partial charge < -0.3 is 19.9 Å². The lowest BCUT2D eigenvalue weighted by atomic mass is 9.89. The highest BCUT2D eigenvalue weighted by molar-refractivity contribution is 5.75. The Bertz CT molecular complexity index is 395. The van der Waals surface area contributed by atoms with Crippen molar-refractivity contribution in [2.24, 2.45) is 11.7 Å². The van der Waals surface area contributed by atoms with E-state index in [1.165, 1.54) is 21.3 Å². The lowest BCUT2D eigenvalue weighted by Crippen LogP contribution is -2.21. The van der Waals surface area contributed by atoms with Crippen molar-refractivity contribution in [3.63, 3.8) is 0 Å². The topological polar surface area (TPSA) is 70.8 Å². The van der Waals surface area contributed by atoms with Gasteiger partial charge in [0.15, 0.2) is 11.5 Å². The molecule has 5 heteroatoms. The molecule has 0 radical (unpaired) electrons. The van der Waals surface area contributed by atoms with Crippen LogP contribution in [0, 0.1) is 5.92 Å². The third-order valence-electron chi connectivity index (χ3n) is 2.57. The van der Waals surface area contributed by atoms with E-state index in [2.05, 4.69) is 6.58 Å². The van der Waals surface area contributed by atoms with E-state index in [9.17, 15) is 4.79 Å². The van der Waals surface area contributed by atoms with Gasteiger partial charge in [0, 0.05) is 12.3 Å². The molecule has 1 amide bonds. The van der Waals surface area contributed by atoms with Gasteiger partial charge in [0.2, 0.25) is 11.7 Å². The Morgan fingerprint density at radius 1 is 1.29 bits per heavy atom. The zero-order chi connectivity index (χ0) is 13.0. The SMILES string of the molecule is C=C1C(OC)=C(OC)C(OC)=CC1CC(N)=O. The van der Waals surface area contributed by atoms with Crippen molar-refractivity contribution < 1.29 is 19.0 Å². The third kappa shape index (κ3) is 2.61. The molecule has 0 bridgehead atoms. The van der Waals surface area contributed by atoms with Gasteiger partial charge in [0.25, 0.3) is 0 Å². The first-order valence-electron chi connectivity index (χ1n) is 5.11. The Morgan fingerprint density at radius 3 is 2.29 bits per heavy atom. The molecule has 5 nitrogen and oxygen atoms in total. The van der Waals surface area contributed by atoms with Crippen LogP contribution in [0.1, 0.15) is 6.42 Å². The molecular weight excluding hydrogens is 222 g/mol. The molecular formula is C12H17NO4. The van der Waals surface area contributed by atoms with Crippen LogP contribution in [-0.4, -0.2) is 27.2 Å². The number of carbonyl (C=O) groups excluding carboxylic acids is 1. The normalized spacial score (nSPS) is 19.8. The van der Waals surface area contributed by atoms with Gasteiger partial charge in [0.05, 0.1) is 21.3 Å². The highest BCUT2D eigenvalue weighted by Gasteiger charge is 2.29. The van der Waals surface area contributed by atoms with E-state index in [-0.39, 0.29) is 12.3 Å². The monoisotopic (exact) mass is 239 g/mol. The highest BCUT2D eigenvalue weighted by Crippen LogP contribution is 2.35. The van der Waals surface area contributed by atoms with Crippen LogP contribution in [0.2, 0.25) is 0 Å². The summed E-state index contributed by atoms with van der Waals surface area (Å²) in [5.74, 6) is 0.845. The van der Waals surface area contributed by atoms with E-state index in [1.54, 1.807) is 6.08 Å². The summed E-state index contributed by atoms with van der Waals surface area (Å²) >= 11 is 0. The molecule has 94 valence electrons. The van der Waals surface area contributed by atoms with Gasteiger partial charge in [-0.15, -0.1) is 0 Å². The number of hydrogen-bond donors (Lipinski definition) is 1. The molecule has 0 spiro atoms. The molecule has 2 N–H and O–H groups in total. The average molecular weight is 239 g/mol. The maximum absolute atomic E-state index is 11.0. The number of amides is 1. The third-order valence-corrected chi connectivity index (χ3v) is 2.57. The van der Waals surface area contributed by atoms with Gasteiger partial charge in [-0.25, -0.2) is 0 Å². The zero-order valence-electron chi connectivity index (χ0n) is 10.3. The van der Waals surface area contributed by atoms with Crippen LogP contribution in [-0.2, 0) is 19.0 Å². The zero-order valence-corrected chi connectivity index (χ0v) is 10.3. The van der Waals surface area contributed by atoms with E-state index in [0.29, 0.717) is 22.9 Å². The molecule has 0 saturated carbocycles. The van der Waals surface area contributed by atoms with Gasteiger partial charge >= 0.3 is 0 Å². The molecule has 1 aliphatic carbocycles. The maximum Gasteiger partial charge on any atom is 0.218 e. The summed E-state index contributed by atoms with van der Waals surface area (Å²) in [6.45, 7) is 3.90. The van der Waals surface area contributed by atoms with Crippen molar-refractivity contribution in [1.82, 2.24) is 0 Å². The molecule has 1 rings (SSSR count). The first kappa shape index (κ1) is 13.2. The summed E-state index contributed by atoms with van der Waals surface area (Å²) in [6.07, 6.45) is 1.92. The number of methoxy groups -OCH3 is 3. The van der Waals surface area contributed by atoms with E-state index in [4.69, 9.17) is 19.9 Å². The van der Waals surface area contributed by atoms with Gasteiger partial charge in [-0.3, -0.25) is 4.79 Å². The van der Waals surface area contributed by atoms with E-state index >= 15 is 0 Å².